The van der Waals surface area contributed by atoms with Gasteiger partial charge in [-0.15, -0.1) is 0 Å². The van der Waals surface area contributed by atoms with Gasteiger partial charge in [0.1, 0.15) is 5.75 Å². The number of hydrogen-bond acceptors (Lipinski definition) is 2. The molecule has 80 valence electrons. The van der Waals surface area contributed by atoms with Gasteiger partial charge in [-0.25, -0.2) is 4.79 Å². The SMILES string of the molecule is Cc1ccc(Cl)c(OC2(C(=O)O)CC2)c1. The van der Waals surface area contributed by atoms with Crippen molar-refractivity contribution in [2.24, 2.45) is 0 Å². The molecule has 0 spiro atoms. The highest BCUT2D eigenvalue weighted by Gasteiger charge is 2.53. The first-order valence-electron chi connectivity index (χ1n) is 4.72. The first-order valence-corrected chi connectivity index (χ1v) is 5.10. The van der Waals surface area contributed by atoms with Crippen molar-refractivity contribution in [3.05, 3.63) is 28.8 Å². The molecular formula is C11H11ClO3. The lowest BCUT2D eigenvalue weighted by Crippen LogP contribution is -2.29. The number of carboxylic acids is 1. The van der Waals surface area contributed by atoms with Gasteiger partial charge in [-0.05, 0) is 24.6 Å². The fourth-order valence-corrected chi connectivity index (χ4v) is 1.53. The molecule has 0 radical (unpaired) electrons. The number of halogens is 1. The van der Waals surface area contributed by atoms with E-state index in [2.05, 4.69) is 0 Å². The Morgan fingerprint density at radius 3 is 2.73 bits per heavy atom. The Morgan fingerprint density at radius 2 is 2.20 bits per heavy atom. The van der Waals surface area contributed by atoms with Crippen LogP contribution in [0.3, 0.4) is 0 Å². The van der Waals surface area contributed by atoms with Gasteiger partial charge in [0.25, 0.3) is 0 Å². The largest absolute Gasteiger partial charge is 0.478 e. The maximum absolute atomic E-state index is 10.9. The maximum Gasteiger partial charge on any atom is 0.348 e. The zero-order chi connectivity index (χ0) is 11.1. The van der Waals surface area contributed by atoms with E-state index in [-0.39, 0.29) is 0 Å². The number of rotatable bonds is 3. The topological polar surface area (TPSA) is 46.5 Å². The van der Waals surface area contributed by atoms with E-state index in [1.165, 1.54) is 0 Å². The third-order valence-corrected chi connectivity index (χ3v) is 2.80. The summed E-state index contributed by atoms with van der Waals surface area (Å²) >= 11 is 5.92. The molecule has 1 aliphatic rings. The van der Waals surface area contributed by atoms with Crippen LogP contribution in [0.25, 0.3) is 0 Å². The van der Waals surface area contributed by atoms with Crippen molar-refractivity contribution in [2.75, 3.05) is 0 Å². The van der Waals surface area contributed by atoms with E-state index < -0.39 is 11.6 Å². The Morgan fingerprint density at radius 1 is 1.53 bits per heavy atom. The number of ether oxygens (including phenoxy) is 1. The standard InChI is InChI=1S/C11H11ClO3/c1-7-2-3-8(12)9(6-7)15-11(4-5-11)10(13)14/h2-3,6H,4-5H2,1H3,(H,13,14). The Hall–Kier alpha value is -1.22. The first kappa shape index (κ1) is 10.3. The van der Waals surface area contributed by atoms with Crippen LogP contribution in [0.2, 0.25) is 5.02 Å². The van der Waals surface area contributed by atoms with E-state index in [1.54, 1.807) is 12.1 Å². The maximum atomic E-state index is 10.9. The van der Waals surface area contributed by atoms with Gasteiger partial charge >= 0.3 is 5.97 Å². The van der Waals surface area contributed by atoms with Crippen LogP contribution in [0.5, 0.6) is 5.75 Å². The molecule has 1 aromatic carbocycles. The van der Waals surface area contributed by atoms with Crippen molar-refractivity contribution >= 4 is 17.6 Å². The molecule has 15 heavy (non-hydrogen) atoms. The van der Waals surface area contributed by atoms with Gasteiger partial charge in [0.2, 0.25) is 5.60 Å². The van der Waals surface area contributed by atoms with Crippen LogP contribution >= 0.6 is 11.6 Å². The normalized spacial score (nSPS) is 17.2. The Labute approximate surface area is 92.6 Å². The van der Waals surface area contributed by atoms with E-state index in [1.807, 2.05) is 13.0 Å². The zero-order valence-electron chi connectivity index (χ0n) is 8.29. The molecule has 0 amide bonds. The molecule has 1 saturated carbocycles. The number of carbonyl (C=O) groups is 1. The average Bonchev–Trinajstić information content (AvgIpc) is 2.92. The van der Waals surface area contributed by atoms with Crippen LogP contribution in [0, 0.1) is 6.92 Å². The average molecular weight is 227 g/mol. The zero-order valence-corrected chi connectivity index (χ0v) is 9.04. The number of aryl methyl sites for hydroxylation is 1. The van der Waals surface area contributed by atoms with Gasteiger partial charge in [0.15, 0.2) is 0 Å². The van der Waals surface area contributed by atoms with E-state index in [0.717, 1.165) is 5.56 Å². The summed E-state index contributed by atoms with van der Waals surface area (Å²) in [7, 11) is 0. The fourth-order valence-electron chi connectivity index (χ4n) is 1.37. The van der Waals surface area contributed by atoms with Gasteiger partial charge in [-0.2, -0.15) is 0 Å². The van der Waals surface area contributed by atoms with Gasteiger partial charge in [0.05, 0.1) is 5.02 Å². The van der Waals surface area contributed by atoms with Gasteiger partial charge < -0.3 is 9.84 Å². The van der Waals surface area contributed by atoms with E-state index in [0.29, 0.717) is 23.6 Å². The molecule has 0 aromatic heterocycles. The summed E-state index contributed by atoms with van der Waals surface area (Å²) in [4.78, 5) is 10.9. The molecule has 1 N–H and O–H groups in total. The first-order chi connectivity index (χ1) is 7.03. The molecule has 0 atom stereocenters. The Bertz CT molecular complexity index is 410. The van der Waals surface area contributed by atoms with Gasteiger partial charge in [-0.1, -0.05) is 17.7 Å². The predicted octanol–water partition coefficient (Wildman–Crippen LogP) is 2.64. The van der Waals surface area contributed by atoms with Crippen molar-refractivity contribution in [2.45, 2.75) is 25.4 Å². The summed E-state index contributed by atoms with van der Waals surface area (Å²) in [5.41, 5.74) is -0.0344. The summed E-state index contributed by atoms with van der Waals surface area (Å²) in [5, 5.41) is 9.41. The molecule has 0 aliphatic heterocycles. The highest BCUT2D eigenvalue weighted by Crippen LogP contribution is 2.42. The van der Waals surface area contributed by atoms with Crippen molar-refractivity contribution in [1.29, 1.82) is 0 Å². The monoisotopic (exact) mass is 226 g/mol. The molecule has 1 aliphatic carbocycles. The Balaban J connectivity index is 2.24. The molecule has 2 rings (SSSR count). The van der Waals surface area contributed by atoms with Crippen LogP contribution < -0.4 is 4.74 Å². The molecule has 1 fully saturated rings. The van der Waals surface area contributed by atoms with Crippen molar-refractivity contribution in [1.82, 2.24) is 0 Å². The van der Waals surface area contributed by atoms with Crippen molar-refractivity contribution < 1.29 is 14.6 Å². The predicted molar refractivity (Wildman–Crippen MR) is 56.4 cm³/mol. The Kier molecular flexibility index (Phi) is 2.35. The minimum Gasteiger partial charge on any atom is -0.478 e. The molecule has 1 aromatic rings. The lowest BCUT2D eigenvalue weighted by atomic mass is 10.2. The molecule has 4 heteroatoms. The van der Waals surface area contributed by atoms with E-state index in [9.17, 15) is 4.79 Å². The summed E-state index contributed by atoms with van der Waals surface area (Å²) in [5.74, 6) is -0.461. The van der Waals surface area contributed by atoms with Gasteiger partial charge in [0, 0.05) is 12.8 Å². The summed E-state index contributed by atoms with van der Waals surface area (Å²) in [6, 6.07) is 5.32. The molecule has 0 bridgehead atoms. The number of benzene rings is 1. The highest BCUT2D eigenvalue weighted by molar-refractivity contribution is 6.32. The number of hydrogen-bond donors (Lipinski definition) is 1. The van der Waals surface area contributed by atoms with Crippen LogP contribution in [-0.4, -0.2) is 16.7 Å². The van der Waals surface area contributed by atoms with Crippen LogP contribution in [0.15, 0.2) is 18.2 Å². The number of aliphatic carboxylic acids is 1. The molecule has 0 saturated heterocycles. The van der Waals surface area contributed by atoms with E-state index in [4.69, 9.17) is 21.4 Å². The lowest BCUT2D eigenvalue weighted by molar-refractivity contribution is -0.147. The van der Waals surface area contributed by atoms with Crippen molar-refractivity contribution in [3.63, 3.8) is 0 Å². The molecule has 3 nitrogen and oxygen atoms in total. The van der Waals surface area contributed by atoms with E-state index >= 15 is 0 Å². The van der Waals surface area contributed by atoms with Crippen LogP contribution in [0.4, 0.5) is 0 Å². The van der Waals surface area contributed by atoms with Crippen LogP contribution in [-0.2, 0) is 4.79 Å². The third kappa shape index (κ3) is 1.92. The third-order valence-electron chi connectivity index (χ3n) is 2.49. The second-order valence-corrected chi connectivity index (χ2v) is 4.24. The molecule has 0 unspecified atom stereocenters. The molecule has 0 heterocycles. The highest BCUT2D eigenvalue weighted by atomic mass is 35.5. The quantitative estimate of drug-likeness (QED) is 0.862. The second-order valence-electron chi connectivity index (χ2n) is 3.84. The summed E-state index contributed by atoms with van der Waals surface area (Å²) < 4.78 is 5.45. The lowest BCUT2D eigenvalue weighted by Gasteiger charge is -2.14. The minimum absolute atomic E-state index is 0.452. The summed E-state index contributed by atoms with van der Waals surface area (Å²) in [6.45, 7) is 1.91. The van der Waals surface area contributed by atoms with Crippen LogP contribution in [0.1, 0.15) is 18.4 Å². The van der Waals surface area contributed by atoms with Gasteiger partial charge in [-0.3, -0.25) is 0 Å². The fraction of sp³-hybridized carbons (Fsp3) is 0.364. The minimum atomic E-state index is -1.03. The smallest absolute Gasteiger partial charge is 0.348 e. The summed E-state index contributed by atoms with van der Waals surface area (Å²) in [6.07, 6.45) is 1.10. The van der Waals surface area contributed by atoms with Crippen molar-refractivity contribution in [3.8, 4) is 5.75 Å². The molecular weight excluding hydrogens is 216 g/mol. The number of carboxylic acid groups (broad SMARTS) is 1. The second kappa shape index (κ2) is 3.42.